The van der Waals surface area contributed by atoms with Crippen LogP contribution < -0.4 is 9.64 Å². The van der Waals surface area contributed by atoms with E-state index in [9.17, 15) is 9.90 Å². The van der Waals surface area contributed by atoms with Gasteiger partial charge in [-0.05, 0) is 62.7 Å². The summed E-state index contributed by atoms with van der Waals surface area (Å²) in [4.78, 5) is 26.6. The number of methoxy groups -OCH3 is 1. The molecule has 2 N–H and O–H groups in total. The Balaban J connectivity index is 1.70. The SMILES string of the molecule is COc1nc(N(Cc2ccc(Cl)cc2)C(=O)OC(C)(C)C)ccc1C(O)c1c[nH]c2cccnc12. The van der Waals surface area contributed by atoms with E-state index in [0.717, 1.165) is 11.1 Å². The number of nitrogens with one attached hydrogen (secondary N) is 1. The van der Waals surface area contributed by atoms with Crippen molar-refractivity contribution in [1.29, 1.82) is 0 Å². The summed E-state index contributed by atoms with van der Waals surface area (Å²) in [5.41, 5.74) is 2.65. The molecule has 3 heterocycles. The molecule has 1 atom stereocenters. The standard InChI is InChI=1S/C26H27ClN4O4/c1-26(2,3)35-25(33)31(15-16-7-9-17(27)10-8-16)21-12-11-18(24(30-21)34-4)23(32)19-14-29-20-6-5-13-28-22(19)20/h5-14,23,29,32H,15H2,1-4H3. The molecule has 1 aromatic carbocycles. The number of halogens is 1. The first-order valence-electron chi connectivity index (χ1n) is 11.1. The molecule has 0 fully saturated rings. The van der Waals surface area contributed by atoms with E-state index < -0.39 is 17.8 Å². The predicted molar refractivity (Wildman–Crippen MR) is 135 cm³/mol. The van der Waals surface area contributed by atoms with Crippen molar-refractivity contribution < 1.29 is 19.4 Å². The van der Waals surface area contributed by atoms with Crippen molar-refractivity contribution >= 4 is 34.5 Å². The van der Waals surface area contributed by atoms with Gasteiger partial charge in [0.1, 0.15) is 17.5 Å². The number of benzene rings is 1. The Labute approximate surface area is 208 Å². The van der Waals surface area contributed by atoms with Gasteiger partial charge in [-0.1, -0.05) is 23.7 Å². The molecule has 0 aliphatic heterocycles. The highest BCUT2D eigenvalue weighted by Crippen LogP contribution is 2.34. The number of aliphatic hydroxyl groups is 1. The van der Waals surface area contributed by atoms with Crippen molar-refractivity contribution in [2.24, 2.45) is 0 Å². The molecule has 3 aromatic heterocycles. The second-order valence-electron chi connectivity index (χ2n) is 9.01. The maximum Gasteiger partial charge on any atom is 0.416 e. The number of aliphatic hydroxyl groups excluding tert-OH is 1. The zero-order valence-corrected chi connectivity index (χ0v) is 20.7. The monoisotopic (exact) mass is 494 g/mol. The number of nitrogens with zero attached hydrogens (tertiary/aromatic N) is 3. The minimum absolute atomic E-state index is 0.185. The molecule has 9 heteroatoms. The number of aromatic nitrogens is 3. The highest BCUT2D eigenvalue weighted by molar-refractivity contribution is 6.30. The van der Waals surface area contributed by atoms with Gasteiger partial charge in [-0.25, -0.2) is 4.79 Å². The minimum Gasteiger partial charge on any atom is -0.481 e. The summed E-state index contributed by atoms with van der Waals surface area (Å²) in [6.07, 6.45) is 1.78. The van der Waals surface area contributed by atoms with Crippen LogP contribution in [0.4, 0.5) is 10.6 Å². The zero-order chi connectivity index (χ0) is 25.2. The van der Waals surface area contributed by atoms with Crippen molar-refractivity contribution in [3.63, 3.8) is 0 Å². The van der Waals surface area contributed by atoms with Gasteiger partial charge in [-0.3, -0.25) is 9.88 Å². The Kier molecular flexibility index (Phi) is 6.95. The molecular formula is C26H27ClN4O4. The number of fused-ring (bicyclic) bond motifs is 1. The van der Waals surface area contributed by atoms with Gasteiger partial charge in [0, 0.05) is 28.5 Å². The van der Waals surface area contributed by atoms with Crippen LogP contribution in [0.25, 0.3) is 11.0 Å². The van der Waals surface area contributed by atoms with Crippen molar-refractivity contribution in [2.45, 2.75) is 39.0 Å². The number of hydrogen-bond acceptors (Lipinski definition) is 6. The van der Waals surface area contributed by atoms with Gasteiger partial charge >= 0.3 is 6.09 Å². The van der Waals surface area contributed by atoms with E-state index in [1.54, 1.807) is 57.4 Å². The quantitative estimate of drug-likeness (QED) is 0.359. The molecule has 4 aromatic rings. The molecule has 1 unspecified atom stereocenters. The van der Waals surface area contributed by atoms with E-state index in [4.69, 9.17) is 21.1 Å². The largest absolute Gasteiger partial charge is 0.481 e. The van der Waals surface area contributed by atoms with Gasteiger partial charge in [-0.2, -0.15) is 4.98 Å². The maximum absolute atomic E-state index is 13.1. The Bertz CT molecular complexity index is 1330. The number of pyridine rings is 2. The predicted octanol–water partition coefficient (Wildman–Crippen LogP) is 5.64. The molecule has 0 spiro atoms. The van der Waals surface area contributed by atoms with Gasteiger partial charge in [0.15, 0.2) is 0 Å². The van der Waals surface area contributed by atoms with Crippen LogP contribution in [0.2, 0.25) is 5.02 Å². The third kappa shape index (κ3) is 5.55. The van der Waals surface area contributed by atoms with E-state index >= 15 is 0 Å². The van der Waals surface area contributed by atoms with E-state index in [-0.39, 0.29) is 12.4 Å². The number of hydrogen-bond donors (Lipinski definition) is 2. The summed E-state index contributed by atoms with van der Waals surface area (Å²) < 4.78 is 11.1. The van der Waals surface area contributed by atoms with Crippen LogP contribution in [0.15, 0.2) is 60.9 Å². The van der Waals surface area contributed by atoms with Crippen molar-refractivity contribution in [3.8, 4) is 5.88 Å². The van der Waals surface area contributed by atoms with Crippen LogP contribution in [0.3, 0.4) is 0 Å². The first-order valence-corrected chi connectivity index (χ1v) is 11.4. The molecule has 0 aliphatic rings. The maximum atomic E-state index is 13.1. The number of rotatable bonds is 6. The second kappa shape index (κ2) is 9.93. The molecule has 1 amide bonds. The number of H-pyrrole nitrogens is 1. The molecule has 0 radical (unpaired) electrons. The molecule has 35 heavy (non-hydrogen) atoms. The Morgan fingerprint density at radius 2 is 1.89 bits per heavy atom. The van der Waals surface area contributed by atoms with Crippen molar-refractivity contribution in [3.05, 3.63) is 82.6 Å². The lowest BCUT2D eigenvalue weighted by molar-refractivity contribution is 0.0576. The first kappa shape index (κ1) is 24.5. The fourth-order valence-electron chi connectivity index (χ4n) is 3.64. The number of ether oxygens (including phenoxy) is 2. The smallest absolute Gasteiger partial charge is 0.416 e. The van der Waals surface area contributed by atoms with Gasteiger partial charge in [0.25, 0.3) is 0 Å². The number of carbonyl (C=O) groups is 1. The third-order valence-corrected chi connectivity index (χ3v) is 5.52. The molecule has 4 rings (SSSR count). The Morgan fingerprint density at radius 1 is 1.14 bits per heavy atom. The highest BCUT2D eigenvalue weighted by atomic mass is 35.5. The summed E-state index contributed by atoms with van der Waals surface area (Å²) in [6.45, 7) is 5.60. The summed E-state index contributed by atoms with van der Waals surface area (Å²) in [7, 11) is 1.47. The lowest BCUT2D eigenvalue weighted by atomic mass is 10.0. The van der Waals surface area contributed by atoms with Crippen LogP contribution in [-0.2, 0) is 11.3 Å². The molecule has 0 saturated heterocycles. The lowest BCUT2D eigenvalue weighted by Gasteiger charge is -2.27. The molecular weight excluding hydrogens is 468 g/mol. The average Bonchev–Trinajstić information content (AvgIpc) is 3.26. The lowest BCUT2D eigenvalue weighted by Crippen LogP contribution is -2.37. The second-order valence-corrected chi connectivity index (χ2v) is 9.44. The van der Waals surface area contributed by atoms with Crippen LogP contribution in [0, 0.1) is 0 Å². The number of anilines is 1. The number of aromatic amines is 1. The van der Waals surface area contributed by atoms with Crippen molar-refractivity contribution in [1.82, 2.24) is 15.0 Å². The van der Waals surface area contributed by atoms with Crippen LogP contribution in [0.5, 0.6) is 5.88 Å². The molecule has 182 valence electrons. The van der Waals surface area contributed by atoms with E-state index in [1.165, 1.54) is 12.0 Å². The minimum atomic E-state index is -1.04. The Hall–Kier alpha value is -3.62. The molecule has 0 saturated carbocycles. The summed E-state index contributed by atoms with van der Waals surface area (Å²) in [6, 6.07) is 14.2. The van der Waals surface area contributed by atoms with Gasteiger partial charge in [0.2, 0.25) is 5.88 Å². The normalized spacial score (nSPS) is 12.4. The van der Waals surface area contributed by atoms with Crippen molar-refractivity contribution in [2.75, 3.05) is 12.0 Å². The highest BCUT2D eigenvalue weighted by Gasteiger charge is 2.27. The van der Waals surface area contributed by atoms with Gasteiger partial charge in [0.05, 0.1) is 24.7 Å². The van der Waals surface area contributed by atoms with E-state index in [2.05, 4.69) is 15.0 Å². The fourth-order valence-corrected chi connectivity index (χ4v) is 3.77. The fraction of sp³-hybridized carbons (Fsp3) is 0.269. The number of amides is 1. The summed E-state index contributed by atoms with van der Waals surface area (Å²) in [5, 5.41) is 11.7. The molecule has 0 bridgehead atoms. The van der Waals surface area contributed by atoms with Crippen LogP contribution in [0.1, 0.15) is 43.6 Å². The van der Waals surface area contributed by atoms with E-state index in [1.807, 2.05) is 24.3 Å². The van der Waals surface area contributed by atoms with Crippen LogP contribution >= 0.6 is 11.6 Å². The number of carbonyl (C=O) groups excluding carboxylic acids is 1. The van der Waals surface area contributed by atoms with Gasteiger partial charge < -0.3 is 19.6 Å². The summed E-state index contributed by atoms with van der Waals surface area (Å²) >= 11 is 6.02. The topological polar surface area (TPSA) is 101 Å². The average molecular weight is 495 g/mol. The first-order chi connectivity index (χ1) is 16.7. The summed E-state index contributed by atoms with van der Waals surface area (Å²) in [5.74, 6) is 0.504. The zero-order valence-electron chi connectivity index (χ0n) is 19.9. The molecule has 8 nitrogen and oxygen atoms in total. The Morgan fingerprint density at radius 3 is 2.57 bits per heavy atom. The molecule has 0 aliphatic carbocycles. The van der Waals surface area contributed by atoms with E-state index in [0.29, 0.717) is 27.5 Å². The third-order valence-electron chi connectivity index (χ3n) is 5.27. The van der Waals surface area contributed by atoms with Crippen LogP contribution in [-0.4, -0.2) is 38.9 Å². The van der Waals surface area contributed by atoms with Gasteiger partial charge in [-0.15, -0.1) is 0 Å².